The Bertz CT molecular complexity index is 1040. The number of fused-ring (bicyclic) bond motifs is 3. The number of allylic oxidation sites excluding steroid dienone is 2. The molecule has 1 N–H and O–H groups in total. The fraction of sp³-hybridized carbons (Fsp3) is 0.273. The van der Waals surface area contributed by atoms with Gasteiger partial charge in [-0.2, -0.15) is 0 Å². The van der Waals surface area contributed by atoms with Crippen LogP contribution in [0, 0.1) is 5.92 Å². The molecule has 1 aromatic heterocycles. The van der Waals surface area contributed by atoms with Gasteiger partial charge in [-0.3, -0.25) is 4.79 Å². The Balaban J connectivity index is 1.98. The van der Waals surface area contributed by atoms with Crippen molar-refractivity contribution in [3.05, 3.63) is 64.7 Å². The number of carbonyl (C=O) groups excluding carboxylic acids is 1. The highest BCUT2D eigenvalue weighted by Gasteiger charge is 2.33. The first kappa shape index (κ1) is 16.2. The maximum atomic E-state index is 11.8. The van der Waals surface area contributed by atoms with Crippen molar-refractivity contribution >= 4 is 38.0 Å². The van der Waals surface area contributed by atoms with E-state index in [1.165, 1.54) is 31.8 Å². The largest absolute Gasteiger partial charge is 0.511 e. The molecule has 4 rings (SSSR count). The van der Waals surface area contributed by atoms with Gasteiger partial charge in [0.1, 0.15) is 5.76 Å². The molecule has 0 aliphatic heterocycles. The van der Waals surface area contributed by atoms with Crippen molar-refractivity contribution in [1.82, 2.24) is 0 Å². The highest BCUT2D eigenvalue weighted by atomic mass is 32.1. The van der Waals surface area contributed by atoms with Gasteiger partial charge in [-0.1, -0.05) is 45.0 Å². The minimum Gasteiger partial charge on any atom is -0.511 e. The average molecular weight is 349 g/mol. The van der Waals surface area contributed by atoms with Crippen molar-refractivity contribution in [2.24, 2.45) is 5.92 Å². The van der Waals surface area contributed by atoms with Crippen LogP contribution in [-0.4, -0.2) is 10.9 Å². The van der Waals surface area contributed by atoms with Gasteiger partial charge in [-0.25, -0.2) is 0 Å². The Morgan fingerprint density at radius 3 is 2.52 bits per heavy atom. The Morgan fingerprint density at radius 2 is 1.84 bits per heavy atom. The first-order valence-corrected chi connectivity index (χ1v) is 9.38. The van der Waals surface area contributed by atoms with Crippen molar-refractivity contribution in [2.45, 2.75) is 32.6 Å². The molecular weight excluding hydrogens is 328 g/mol. The Hall–Kier alpha value is -2.26. The highest BCUT2D eigenvalue weighted by molar-refractivity contribution is 7.19. The van der Waals surface area contributed by atoms with E-state index in [2.05, 4.69) is 63.2 Å². The van der Waals surface area contributed by atoms with Crippen molar-refractivity contribution < 1.29 is 9.90 Å². The van der Waals surface area contributed by atoms with E-state index in [1.807, 2.05) is 11.3 Å². The van der Waals surface area contributed by atoms with Gasteiger partial charge in [0, 0.05) is 28.3 Å². The Kier molecular flexibility index (Phi) is 3.66. The fourth-order valence-corrected chi connectivity index (χ4v) is 4.67. The van der Waals surface area contributed by atoms with Crippen LogP contribution >= 0.6 is 11.3 Å². The number of aliphatic hydroxyl groups excluding tert-OH is 1. The third-order valence-electron chi connectivity index (χ3n) is 4.90. The topological polar surface area (TPSA) is 37.3 Å². The smallest absolute Gasteiger partial charge is 0.246 e. The lowest BCUT2D eigenvalue weighted by molar-refractivity contribution is -0.120. The van der Waals surface area contributed by atoms with Crippen molar-refractivity contribution in [3.8, 4) is 0 Å². The molecule has 3 heteroatoms. The number of carbonyl (C=O) groups is 1. The summed E-state index contributed by atoms with van der Waals surface area (Å²) < 4.78 is 1.26. The van der Waals surface area contributed by atoms with Gasteiger partial charge in [-0.05, 0) is 29.5 Å². The molecule has 0 spiro atoms. The molecule has 3 aromatic rings. The first-order valence-electron chi connectivity index (χ1n) is 8.57. The normalized spacial score (nSPS) is 17.6. The van der Waals surface area contributed by atoms with Gasteiger partial charge >= 0.3 is 0 Å². The molecule has 1 atom stereocenters. The summed E-state index contributed by atoms with van der Waals surface area (Å²) in [5.74, 6) is -0.144. The van der Waals surface area contributed by atoms with E-state index >= 15 is 0 Å². The quantitative estimate of drug-likeness (QED) is 0.468. The van der Waals surface area contributed by atoms with Gasteiger partial charge in [0.05, 0.1) is 5.92 Å². The molecule has 25 heavy (non-hydrogen) atoms. The molecule has 2 nitrogen and oxygen atoms in total. The van der Waals surface area contributed by atoms with E-state index < -0.39 is 0 Å². The lowest BCUT2D eigenvalue weighted by Gasteiger charge is -2.21. The maximum Gasteiger partial charge on any atom is 0.246 e. The van der Waals surface area contributed by atoms with Crippen molar-refractivity contribution in [1.29, 1.82) is 0 Å². The summed E-state index contributed by atoms with van der Waals surface area (Å²) in [6.45, 7) is 6.64. The number of hydrogen-bond acceptors (Lipinski definition) is 2. The van der Waals surface area contributed by atoms with Crippen LogP contribution in [0.3, 0.4) is 0 Å². The van der Waals surface area contributed by atoms with Crippen LogP contribution in [0.1, 0.15) is 31.2 Å². The summed E-state index contributed by atoms with van der Waals surface area (Å²) in [5, 5.41) is 13.5. The van der Waals surface area contributed by atoms with E-state index in [0.29, 0.717) is 6.42 Å². The molecule has 0 bridgehead atoms. The molecule has 0 saturated carbocycles. The number of benzene rings is 2. The second-order valence-electron chi connectivity index (χ2n) is 7.78. The van der Waals surface area contributed by atoms with Gasteiger partial charge in [0.15, 0.2) is 5.78 Å². The molecule has 2 aromatic carbocycles. The predicted octanol–water partition coefficient (Wildman–Crippen LogP) is 5.82. The van der Waals surface area contributed by atoms with E-state index in [-0.39, 0.29) is 22.9 Å². The lowest BCUT2D eigenvalue weighted by atomic mass is 9.83. The molecule has 0 saturated heterocycles. The summed E-state index contributed by atoms with van der Waals surface area (Å²) >= 11 is 1.83. The van der Waals surface area contributed by atoms with E-state index in [1.54, 1.807) is 0 Å². The molecule has 126 valence electrons. The van der Waals surface area contributed by atoms with Crippen molar-refractivity contribution in [3.63, 3.8) is 0 Å². The second kappa shape index (κ2) is 5.63. The molecule has 0 radical (unpaired) electrons. The minimum absolute atomic E-state index is 0.0243. The van der Waals surface area contributed by atoms with Gasteiger partial charge in [-0.15, -0.1) is 0 Å². The number of aliphatic hydroxyl groups is 1. The van der Waals surface area contributed by atoms with Crippen LogP contribution in [0.5, 0.6) is 0 Å². The van der Waals surface area contributed by atoms with E-state index in [0.717, 1.165) is 5.56 Å². The molecular formula is C22H21O2S+. The minimum atomic E-state index is -0.380. The maximum absolute atomic E-state index is 11.8. The highest BCUT2D eigenvalue weighted by Crippen LogP contribution is 2.39. The molecule has 1 unspecified atom stereocenters. The monoisotopic (exact) mass is 349 g/mol. The zero-order valence-corrected chi connectivity index (χ0v) is 15.5. The van der Waals surface area contributed by atoms with Crippen LogP contribution in [0.2, 0.25) is 0 Å². The van der Waals surface area contributed by atoms with Crippen LogP contribution in [0.15, 0.2) is 54.3 Å². The predicted molar refractivity (Wildman–Crippen MR) is 105 cm³/mol. The summed E-state index contributed by atoms with van der Waals surface area (Å²) in [5.41, 5.74) is 1.17. The molecule has 1 aliphatic carbocycles. The van der Waals surface area contributed by atoms with Gasteiger partial charge in [0.2, 0.25) is 20.9 Å². The van der Waals surface area contributed by atoms with Gasteiger partial charge < -0.3 is 5.11 Å². The summed E-state index contributed by atoms with van der Waals surface area (Å²) in [4.78, 5) is 13.1. The molecule has 1 heterocycles. The van der Waals surface area contributed by atoms with Crippen LogP contribution in [-0.2, 0) is 16.6 Å². The zero-order valence-electron chi connectivity index (χ0n) is 14.7. The summed E-state index contributed by atoms with van der Waals surface area (Å²) in [7, 11) is 0. The number of hydrogen-bond donors (Lipinski definition) is 1. The second-order valence-corrected chi connectivity index (χ2v) is 8.83. The van der Waals surface area contributed by atoms with Crippen LogP contribution in [0.4, 0.5) is 0 Å². The van der Waals surface area contributed by atoms with E-state index in [9.17, 15) is 9.90 Å². The fourth-order valence-electron chi connectivity index (χ4n) is 3.34. The number of rotatable bonds is 2. The van der Waals surface area contributed by atoms with Crippen LogP contribution < -0.4 is 0 Å². The Labute approximate surface area is 151 Å². The molecule has 0 fully saturated rings. The summed E-state index contributed by atoms with van der Waals surface area (Å²) in [6, 6.07) is 14.9. The van der Waals surface area contributed by atoms with Gasteiger partial charge in [0.25, 0.3) is 0 Å². The number of ketones is 1. The zero-order chi connectivity index (χ0) is 17.8. The standard InChI is InChI=1S/C22H20O2S/c1-22(2,3)20-11-14(10-17-18(23)12-19(17)24)16-9-8-13-6-4-5-7-15(13)21(16)25-20/h4-9,11-12,17H,10H2,1-3H3/p+1. The lowest BCUT2D eigenvalue weighted by Crippen LogP contribution is -2.27. The third kappa shape index (κ3) is 2.73. The first-order chi connectivity index (χ1) is 11.8. The van der Waals surface area contributed by atoms with E-state index in [4.69, 9.17) is 0 Å². The summed E-state index contributed by atoms with van der Waals surface area (Å²) in [6.07, 6.45) is 1.89. The van der Waals surface area contributed by atoms with Crippen LogP contribution in [0.25, 0.3) is 20.9 Å². The third-order valence-corrected chi connectivity index (χ3v) is 6.49. The van der Waals surface area contributed by atoms with Crippen molar-refractivity contribution in [2.75, 3.05) is 0 Å². The Morgan fingerprint density at radius 1 is 1.08 bits per heavy atom. The molecule has 1 aliphatic rings. The SMILES string of the molecule is CC(C)(C)c1cc(CC2C(=O)C=C2O)c2ccc3ccccc3c2[s+]1. The molecule has 0 amide bonds. The average Bonchev–Trinajstić information content (AvgIpc) is 2.58.